The molecule has 1 amide bonds. The average molecular weight is 409 g/mol. The molecule has 1 N–H and O–H groups in total. The van der Waals surface area contributed by atoms with Gasteiger partial charge in [-0.25, -0.2) is 18.1 Å². The van der Waals surface area contributed by atoms with E-state index in [2.05, 4.69) is 9.71 Å². The summed E-state index contributed by atoms with van der Waals surface area (Å²) in [6.07, 6.45) is 3.88. The van der Waals surface area contributed by atoms with E-state index >= 15 is 0 Å². The van der Waals surface area contributed by atoms with Gasteiger partial charge in [-0.05, 0) is 45.6 Å². The normalized spacial score (nSPS) is 17.7. The number of hydrogen-bond acceptors (Lipinski definition) is 5. The molecule has 2 aromatic heterocycles. The van der Waals surface area contributed by atoms with Gasteiger partial charge in [-0.15, -0.1) is 11.3 Å². The topological polar surface area (TPSA) is 84.3 Å². The van der Waals surface area contributed by atoms with Crippen molar-refractivity contribution in [2.45, 2.75) is 50.5 Å². The Morgan fingerprint density at radius 3 is 2.56 bits per heavy atom. The SMILES string of the molecule is Cc1nc(-c2cc(S(=O)(=O)NC3CC3)c(C)n2C)sc1C(=O)N1CCCC1. The van der Waals surface area contributed by atoms with Crippen molar-refractivity contribution < 1.29 is 13.2 Å². The zero-order valence-corrected chi connectivity index (χ0v) is 17.4. The average Bonchev–Trinajstić information content (AvgIpc) is 3.00. The van der Waals surface area contributed by atoms with Crippen molar-refractivity contribution >= 4 is 27.3 Å². The first-order valence-electron chi connectivity index (χ1n) is 9.23. The lowest BCUT2D eigenvalue weighted by atomic mass is 10.3. The molecule has 2 aromatic rings. The maximum Gasteiger partial charge on any atom is 0.265 e. The molecule has 27 heavy (non-hydrogen) atoms. The van der Waals surface area contributed by atoms with Crippen LogP contribution < -0.4 is 4.72 Å². The number of hydrogen-bond donors (Lipinski definition) is 1. The molecule has 0 atom stereocenters. The number of likely N-dealkylation sites (tertiary alicyclic amines) is 1. The number of amides is 1. The third-order valence-electron chi connectivity index (χ3n) is 5.28. The van der Waals surface area contributed by atoms with E-state index in [4.69, 9.17) is 0 Å². The summed E-state index contributed by atoms with van der Waals surface area (Å²) in [6, 6.07) is 1.73. The van der Waals surface area contributed by atoms with Gasteiger partial charge >= 0.3 is 0 Å². The van der Waals surface area contributed by atoms with Crippen LogP contribution in [-0.2, 0) is 17.1 Å². The standard InChI is InChI=1S/C18H24N4O3S2/c1-11-16(18(23)22-8-4-5-9-22)26-17(19-11)14-10-15(12(2)21(14)3)27(24,25)20-13-6-7-13/h10,13,20H,4-9H2,1-3H3. The molecule has 0 spiro atoms. The van der Waals surface area contributed by atoms with Crippen LogP contribution in [0.3, 0.4) is 0 Å². The summed E-state index contributed by atoms with van der Waals surface area (Å²) in [5.74, 6) is 0.0305. The number of carbonyl (C=O) groups is 1. The van der Waals surface area contributed by atoms with Crippen LogP contribution in [0.5, 0.6) is 0 Å². The predicted octanol–water partition coefficient (Wildman–Crippen LogP) is 2.44. The summed E-state index contributed by atoms with van der Waals surface area (Å²) < 4.78 is 29.9. The first-order chi connectivity index (χ1) is 12.8. The zero-order chi connectivity index (χ0) is 19.3. The minimum atomic E-state index is -3.54. The number of aromatic nitrogens is 2. The Morgan fingerprint density at radius 2 is 1.93 bits per heavy atom. The van der Waals surface area contributed by atoms with Crippen molar-refractivity contribution in [3.8, 4) is 10.7 Å². The summed E-state index contributed by atoms with van der Waals surface area (Å²) in [7, 11) is -1.71. The number of rotatable bonds is 5. The Labute approximate surface area is 163 Å². The molecule has 0 unspecified atom stereocenters. The molecule has 146 valence electrons. The van der Waals surface area contributed by atoms with E-state index in [-0.39, 0.29) is 16.8 Å². The lowest BCUT2D eigenvalue weighted by molar-refractivity contribution is 0.0796. The Balaban J connectivity index is 1.69. The molecule has 1 aliphatic carbocycles. The lowest BCUT2D eigenvalue weighted by Crippen LogP contribution is -2.27. The first-order valence-corrected chi connectivity index (χ1v) is 11.5. The molecule has 0 bridgehead atoms. The summed E-state index contributed by atoms with van der Waals surface area (Å²) in [4.78, 5) is 20.1. The van der Waals surface area contributed by atoms with E-state index < -0.39 is 10.0 Å². The van der Waals surface area contributed by atoms with E-state index in [0.717, 1.165) is 44.5 Å². The Kier molecular flexibility index (Phi) is 4.64. The maximum atomic E-state index is 12.7. The molecule has 9 heteroatoms. The fraction of sp³-hybridized carbons (Fsp3) is 0.556. The number of nitrogens with one attached hydrogen (secondary N) is 1. The van der Waals surface area contributed by atoms with Gasteiger partial charge in [-0.1, -0.05) is 0 Å². The molecule has 1 aliphatic heterocycles. The smallest absolute Gasteiger partial charge is 0.265 e. The van der Waals surface area contributed by atoms with Gasteiger partial charge in [0.2, 0.25) is 10.0 Å². The lowest BCUT2D eigenvalue weighted by Gasteiger charge is -2.13. The monoisotopic (exact) mass is 408 g/mol. The second kappa shape index (κ2) is 6.72. The van der Waals surface area contributed by atoms with Gasteiger partial charge in [0.25, 0.3) is 5.91 Å². The highest BCUT2D eigenvalue weighted by Crippen LogP contribution is 2.34. The van der Waals surface area contributed by atoms with Crippen LogP contribution in [-0.4, -0.2) is 47.9 Å². The highest BCUT2D eigenvalue weighted by atomic mass is 32.2. The van der Waals surface area contributed by atoms with Crippen molar-refractivity contribution in [2.24, 2.45) is 7.05 Å². The van der Waals surface area contributed by atoms with Crippen LogP contribution in [0.25, 0.3) is 10.7 Å². The van der Waals surface area contributed by atoms with Crippen molar-refractivity contribution in [1.82, 2.24) is 19.2 Å². The van der Waals surface area contributed by atoms with Crippen LogP contribution in [0.2, 0.25) is 0 Å². The minimum Gasteiger partial charge on any atom is -0.345 e. The van der Waals surface area contributed by atoms with Gasteiger partial charge in [0, 0.05) is 31.9 Å². The van der Waals surface area contributed by atoms with Crippen LogP contribution in [0.1, 0.15) is 46.7 Å². The van der Waals surface area contributed by atoms with Crippen molar-refractivity contribution in [2.75, 3.05) is 13.1 Å². The van der Waals surface area contributed by atoms with Crippen LogP contribution >= 0.6 is 11.3 Å². The number of carbonyl (C=O) groups excluding carboxylic acids is 1. The molecular formula is C18H24N4O3S2. The van der Waals surface area contributed by atoms with E-state index in [1.165, 1.54) is 11.3 Å². The van der Waals surface area contributed by atoms with Gasteiger partial charge in [0.15, 0.2) is 0 Å². The molecule has 1 saturated heterocycles. The van der Waals surface area contributed by atoms with Crippen LogP contribution in [0.4, 0.5) is 0 Å². The van der Waals surface area contributed by atoms with E-state index in [1.807, 2.05) is 23.4 Å². The summed E-state index contributed by atoms with van der Waals surface area (Å²) >= 11 is 1.34. The minimum absolute atomic E-state index is 0.0305. The summed E-state index contributed by atoms with van der Waals surface area (Å²) in [5.41, 5.74) is 2.09. The number of sulfonamides is 1. The Hall–Kier alpha value is -1.71. The number of nitrogens with zero attached hydrogens (tertiary/aromatic N) is 3. The highest BCUT2D eigenvalue weighted by Gasteiger charge is 2.31. The van der Waals surface area contributed by atoms with Crippen LogP contribution in [0.15, 0.2) is 11.0 Å². The van der Waals surface area contributed by atoms with Crippen molar-refractivity contribution in [3.05, 3.63) is 22.3 Å². The first kappa shape index (κ1) is 18.6. The molecule has 0 radical (unpaired) electrons. The van der Waals surface area contributed by atoms with Gasteiger partial charge in [0.05, 0.1) is 11.4 Å². The molecule has 2 fully saturated rings. The van der Waals surface area contributed by atoms with E-state index in [0.29, 0.717) is 21.3 Å². The maximum absolute atomic E-state index is 12.7. The molecule has 1 saturated carbocycles. The third kappa shape index (κ3) is 3.43. The second-order valence-electron chi connectivity index (χ2n) is 7.37. The summed E-state index contributed by atoms with van der Waals surface area (Å²) in [5, 5.41) is 0.675. The fourth-order valence-corrected chi connectivity index (χ4v) is 6.08. The molecule has 7 nitrogen and oxygen atoms in total. The Bertz CT molecular complexity index is 996. The second-order valence-corrected chi connectivity index (χ2v) is 10.0. The van der Waals surface area contributed by atoms with Gasteiger partial charge in [-0.3, -0.25) is 4.79 Å². The number of aryl methyl sites for hydroxylation is 1. The molecule has 4 rings (SSSR count). The van der Waals surface area contributed by atoms with Gasteiger partial charge in [-0.2, -0.15) is 0 Å². The molecule has 0 aromatic carbocycles. The van der Waals surface area contributed by atoms with Gasteiger partial charge in [0.1, 0.15) is 14.8 Å². The highest BCUT2D eigenvalue weighted by molar-refractivity contribution is 7.89. The fourth-order valence-electron chi connectivity index (χ4n) is 3.40. The van der Waals surface area contributed by atoms with E-state index in [1.54, 1.807) is 13.0 Å². The van der Waals surface area contributed by atoms with Crippen LogP contribution in [0, 0.1) is 13.8 Å². The largest absolute Gasteiger partial charge is 0.345 e. The van der Waals surface area contributed by atoms with E-state index in [9.17, 15) is 13.2 Å². The Morgan fingerprint density at radius 1 is 1.26 bits per heavy atom. The van der Waals surface area contributed by atoms with Crippen molar-refractivity contribution in [3.63, 3.8) is 0 Å². The molecular weight excluding hydrogens is 384 g/mol. The number of thiazole rings is 1. The molecule has 3 heterocycles. The molecule has 2 aliphatic rings. The van der Waals surface area contributed by atoms with Crippen molar-refractivity contribution in [1.29, 1.82) is 0 Å². The third-order valence-corrected chi connectivity index (χ3v) is 8.08. The zero-order valence-electron chi connectivity index (χ0n) is 15.8. The summed E-state index contributed by atoms with van der Waals surface area (Å²) in [6.45, 7) is 5.22. The predicted molar refractivity (Wildman–Crippen MR) is 104 cm³/mol. The van der Waals surface area contributed by atoms with Gasteiger partial charge < -0.3 is 9.47 Å². The quantitative estimate of drug-likeness (QED) is 0.824.